The van der Waals surface area contributed by atoms with Crippen molar-refractivity contribution in [3.8, 4) is 11.4 Å². The summed E-state index contributed by atoms with van der Waals surface area (Å²) in [5.74, 6) is 0.353. The van der Waals surface area contributed by atoms with E-state index in [-0.39, 0.29) is 11.8 Å². The van der Waals surface area contributed by atoms with E-state index in [9.17, 15) is 9.59 Å². The first-order valence-corrected chi connectivity index (χ1v) is 10.7. The highest BCUT2D eigenvalue weighted by Gasteiger charge is 2.34. The van der Waals surface area contributed by atoms with Crippen LogP contribution in [0.2, 0.25) is 0 Å². The van der Waals surface area contributed by atoms with Gasteiger partial charge in [-0.05, 0) is 37.5 Å². The number of hydrogen-bond acceptors (Lipinski definition) is 6. The number of benzene rings is 2. The van der Waals surface area contributed by atoms with Crippen molar-refractivity contribution in [1.29, 1.82) is 0 Å². The van der Waals surface area contributed by atoms with E-state index in [0.717, 1.165) is 46.2 Å². The smallest absolute Gasteiger partial charge is 0.261 e. The van der Waals surface area contributed by atoms with Crippen molar-refractivity contribution < 1.29 is 9.59 Å². The number of aryl methyl sites for hydroxylation is 2. The van der Waals surface area contributed by atoms with Crippen molar-refractivity contribution in [2.75, 3.05) is 6.54 Å². The first-order valence-electron chi connectivity index (χ1n) is 9.86. The quantitative estimate of drug-likeness (QED) is 0.352. The van der Waals surface area contributed by atoms with Gasteiger partial charge in [-0.3, -0.25) is 14.5 Å². The van der Waals surface area contributed by atoms with E-state index in [4.69, 9.17) is 0 Å². The van der Waals surface area contributed by atoms with Gasteiger partial charge in [-0.15, -0.1) is 10.2 Å². The SMILES string of the molecule is Cc1ccccc1-c1nnc2sc(CCCCN3C(=O)c4ccccc4C3=O)nn12. The molecule has 0 atom stereocenters. The molecule has 0 aliphatic carbocycles. The van der Waals surface area contributed by atoms with Gasteiger partial charge in [0, 0.05) is 18.5 Å². The maximum Gasteiger partial charge on any atom is 0.261 e. The van der Waals surface area contributed by atoms with Crippen LogP contribution in [-0.4, -0.2) is 43.1 Å². The Hall–Kier alpha value is -3.39. The summed E-state index contributed by atoms with van der Waals surface area (Å²) in [6.45, 7) is 2.47. The van der Waals surface area contributed by atoms with Crippen LogP contribution in [-0.2, 0) is 6.42 Å². The molecule has 1 aliphatic heterocycles. The van der Waals surface area contributed by atoms with E-state index >= 15 is 0 Å². The molecular formula is C22H19N5O2S. The molecule has 3 heterocycles. The summed E-state index contributed by atoms with van der Waals surface area (Å²) in [6, 6.07) is 15.0. The average Bonchev–Trinajstić information content (AvgIpc) is 3.40. The number of carbonyl (C=O) groups excluding carboxylic acids is 2. The van der Waals surface area contributed by atoms with Gasteiger partial charge in [-0.25, -0.2) is 0 Å². The Bertz CT molecular complexity index is 1240. The van der Waals surface area contributed by atoms with E-state index in [1.807, 2.05) is 31.2 Å². The van der Waals surface area contributed by atoms with Crippen molar-refractivity contribution in [1.82, 2.24) is 24.7 Å². The van der Waals surface area contributed by atoms with Crippen LogP contribution < -0.4 is 0 Å². The normalized spacial score (nSPS) is 13.4. The van der Waals surface area contributed by atoms with Crippen LogP contribution in [0, 0.1) is 6.92 Å². The first-order chi connectivity index (χ1) is 14.6. The van der Waals surface area contributed by atoms with Crippen LogP contribution in [0.3, 0.4) is 0 Å². The molecule has 0 bridgehead atoms. The molecule has 0 radical (unpaired) electrons. The fraction of sp³-hybridized carbons (Fsp3) is 0.227. The van der Waals surface area contributed by atoms with Gasteiger partial charge in [0.15, 0.2) is 5.82 Å². The van der Waals surface area contributed by atoms with Gasteiger partial charge in [-0.2, -0.15) is 9.61 Å². The van der Waals surface area contributed by atoms with E-state index in [1.54, 1.807) is 28.8 Å². The Morgan fingerprint density at radius 3 is 2.23 bits per heavy atom. The van der Waals surface area contributed by atoms with E-state index < -0.39 is 0 Å². The standard InChI is InChI=1S/C22H19N5O2S/c1-14-8-2-3-9-15(14)19-23-24-22-27(19)25-18(30-22)12-6-7-13-26-20(28)16-10-4-5-11-17(16)21(26)29/h2-5,8-11H,6-7,12-13H2,1H3. The summed E-state index contributed by atoms with van der Waals surface area (Å²) >= 11 is 1.52. The minimum atomic E-state index is -0.197. The third-order valence-electron chi connectivity index (χ3n) is 5.32. The van der Waals surface area contributed by atoms with Crippen LogP contribution in [0.1, 0.15) is 44.1 Å². The predicted molar refractivity (Wildman–Crippen MR) is 114 cm³/mol. The van der Waals surface area contributed by atoms with Crippen LogP contribution in [0.5, 0.6) is 0 Å². The first kappa shape index (κ1) is 18.6. The third kappa shape index (κ3) is 3.09. The van der Waals surface area contributed by atoms with E-state index in [1.165, 1.54) is 16.2 Å². The molecule has 1 aliphatic rings. The molecule has 0 unspecified atom stereocenters. The number of hydrogen-bond donors (Lipinski definition) is 0. The van der Waals surface area contributed by atoms with Gasteiger partial charge in [-0.1, -0.05) is 47.7 Å². The molecule has 0 N–H and O–H groups in total. The lowest BCUT2D eigenvalue weighted by Gasteiger charge is -2.13. The number of carbonyl (C=O) groups is 2. The maximum atomic E-state index is 12.4. The summed E-state index contributed by atoms with van der Waals surface area (Å²) in [5.41, 5.74) is 3.15. The molecule has 4 aromatic rings. The average molecular weight is 417 g/mol. The minimum Gasteiger partial charge on any atom is -0.274 e. The monoisotopic (exact) mass is 417 g/mol. The predicted octanol–water partition coefficient (Wildman–Crippen LogP) is 3.78. The topological polar surface area (TPSA) is 80.5 Å². The lowest BCUT2D eigenvalue weighted by Crippen LogP contribution is -2.30. The van der Waals surface area contributed by atoms with Gasteiger partial charge in [0.2, 0.25) is 4.96 Å². The lowest BCUT2D eigenvalue weighted by atomic mass is 10.1. The van der Waals surface area contributed by atoms with E-state index in [0.29, 0.717) is 17.7 Å². The second-order valence-electron chi connectivity index (χ2n) is 7.29. The minimum absolute atomic E-state index is 0.197. The van der Waals surface area contributed by atoms with Crippen LogP contribution >= 0.6 is 11.3 Å². The highest BCUT2D eigenvalue weighted by molar-refractivity contribution is 7.16. The zero-order valence-electron chi connectivity index (χ0n) is 16.4. The summed E-state index contributed by atoms with van der Waals surface area (Å²) in [5, 5.41) is 14.2. The summed E-state index contributed by atoms with van der Waals surface area (Å²) in [7, 11) is 0. The van der Waals surface area contributed by atoms with Crippen molar-refractivity contribution in [3.05, 3.63) is 70.2 Å². The zero-order valence-corrected chi connectivity index (χ0v) is 17.2. The summed E-state index contributed by atoms with van der Waals surface area (Å²) in [6.07, 6.45) is 2.33. The maximum absolute atomic E-state index is 12.4. The van der Waals surface area contributed by atoms with Crippen LogP contribution in [0.4, 0.5) is 0 Å². The lowest BCUT2D eigenvalue weighted by molar-refractivity contribution is 0.0652. The number of nitrogens with zero attached hydrogens (tertiary/aromatic N) is 5. The number of imide groups is 1. The van der Waals surface area contributed by atoms with Crippen LogP contribution in [0.25, 0.3) is 16.3 Å². The molecule has 2 aromatic carbocycles. The highest BCUT2D eigenvalue weighted by atomic mass is 32.1. The van der Waals surface area contributed by atoms with Crippen molar-refractivity contribution in [2.45, 2.75) is 26.2 Å². The molecule has 150 valence electrons. The fourth-order valence-electron chi connectivity index (χ4n) is 3.74. The highest BCUT2D eigenvalue weighted by Crippen LogP contribution is 2.25. The Labute approximate surface area is 177 Å². The molecule has 0 saturated carbocycles. The molecule has 0 fully saturated rings. The Morgan fingerprint density at radius 1 is 0.867 bits per heavy atom. The van der Waals surface area contributed by atoms with E-state index in [2.05, 4.69) is 15.3 Å². The Kier molecular flexibility index (Phi) is 4.63. The van der Waals surface area contributed by atoms with Crippen molar-refractivity contribution in [3.63, 3.8) is 0 Å². The number of unbranched alkanes of at least 4 members (excludes halogenated alkanes) is 1. The third-order valence-corrected chi connectivity index (χ3v) is 6.28. The molecule has 0 spiro atoms. The molecule has 7 nitrogen and oxygen atoms in total. The number of rotatable bonds is 6. The molecular weight excluding hydrogens is 398 g/mol. The van der Waals surface area contributed by atoms with Gasteiger partial charge in [0.05, 0.1) is 11.1 Å². The number of fused-ring (bicyclic) bond motifs is 2. The zero-order chi connectivity index (χ0) is 20.7. The summed E-state index contributed by atoms with van der Waals surface area (Å²) in [4.78, 5) is 27.0. The molecule has 5 rings (SSSR count). The molecule has 2 amide bonds. The second-order valence-corrected chi connectivity index (χ2v) is 8.33. The Morgan fingerprint density at radius 2 is 1.53 bits per heavy atom. The summed E-state index contributed by atoms with van der Waals surface area (Å²) < 4.78 is 1.80. The largest absolute Gasteiger partial charge is 0.274 e. The van der Waals surface area contributed by atoms with Gasteiger partial charge in [0.25, 0.3) is 11.8 Å². The van der Waals surface area contributed by atoms with Gasteiger partial charge >= 0.3 is 0 Å². The number of amides is 2. The molecule has 2 aromatic heterocycles. The molecule has 0 saturated heterocycles. The molecule has 30 heavy (non-hydrogen) atoms. The fourth-order valence-corrected chi connectivity index (χ4v) is 4.61. The Balaban J connectivity index is 1.23. The van der Waals surface area contributed by atoms with Crippen molar-refractivity contribution in [2.24, 2.45) is 0 Å². The van der Waals surface area contributed by atoms with Crippen LogP contribution in [0.15, 0.2) is 48.5 Å². The number of aromatic nitrogens is 4. The van der Waals surface area contributed by atoms with Crippen molar-refractivity contribution >= 4 is 28.1 Å². The van der Waals surface area contributed by atoms with Gasteiger partial charge < -0.3 is 0 Å². The van der Waals surface area contributed by atoms with Gasteiger partial charge in [0.1, 0.15) is 5.01 Å². The molecule has 8 heteroatoms. The second kappa shape index (κ2) is 7.46.